The molecular weight excluding hydrogens is 404 g/mol. The Morgan fingerprint density at radius 2 is 1.94 bits per heavy atom. The lowest BCUT2D eigenvalue weighted by atomic mass is 9.74. The Morgan fingerprint density at radius 3 is 2.66 bits per heavy atom. The number of fused-ring (bicyclic) bond motifs is 1. The summed E-state index contributed by atoms with van der Waals surface area (Å²) < 4.78 is 1.53. The zero-order chi connectivity index (χ0) is 22.3. The first-order valence-electron chi connectivity index (χ1n) is 11.0. The Morgan fingerprint density at radius 1 is 1.19 bits per heavy atom. The minimum absolute atomic E-state index is 0.114. The number of hydrogen-bond acceptors (Lipinski definition) is 5. The highest BCUT2D eigenvalue weighted by Crippen LogP contribution is 2.35. The third-order valence-corrected chi connectivity index (χ3v) is 6.81. The largest absolute Gasteiger partial charge is 0.338 e. The van der Waals surface area contributed by atoms with Crippen LogP contribution in [0.1, 0.15) is 52.1 Å². The summed E-state index contributed by atoms with van der Waals surface area (Å²) in [7, 11) is 0. The topological polar surface area (TPSA) is 108 Å². The number of piperidine rings is 1. The number of benzene rings is 1. The van der Waals surface area contributed by atoms with Gasteiger partial charge in [0.2, 0.25) is 5.95 Å². The molecule has 3 heterocycles. The van der Waals surface area contributed by atoms with Gasteiger partial charge in [0, 0.05) is 18.7 Å². The highest BCUT2D eigenvalue weighted by molar-refractivity contribution is 5.95. The van der Waals surface area contributed by atoms with Crippen LogP contribution in [0.15, 0.2) is 41.3 Å². The zero-order valence-corrected chi connectivity index (χ0v) is 18.0. The van der Waals surface area contributed by atoms with E-state index in [4.69, 9.17) is 0 Å². The maximum Gasteiger partial charge on any atom is 0.257 e. The normalized spacial score (nSPS) is 17.1. The van der Waals surface area contributed by atoms with Gasteiger partial charge in [0.05, 0.1) is 34.6 Å². The summed E-state index contributed by atoms with van der Waals surface area (Å²) in [5.74, 6) is 0.232. The van der Waals surface area contributed by atoms with Crippen molar-refractivity contribution in [1.82, 2.24) is 24.6 Å². The highest BCUT2D eigenvalue weighted by Gasteiger charge is 2.38. The van der Waals surface area contributed by atoms with E-state index in [-0.39, 0.29) is 11.5 Å². The fourth-order valence-corrected chi connectivity index (χ4v) is 4.85. The molecule has 32 heavy (non-hydrogen) atoms. The predicted octanol–water partition coefficient (Wildman–Crippen LogP) is 2.45. The van der Waals surface area contributed by atoms with Crippen LogP contribution in [-0.2, 0) is 18.3 Å². The summed E-state index contributed by atoms with van der Waals surface area (Å²) in [6.07, 6.45) is 5.18. The molecule has 162 valence electrons. The summed E-state index contributed by atoms with van der Waals surface area (Å²) in [5.41, 5.74) is 3.00. The lowest BCUT2D eigenvalue weighted by Crippen LogP contribution is -2.44. The zero-order valence-electron chi connectivity index (χ0n) is 18.0. The van der Waals surface area contributed by atoms with Crippen molar-refractivity contribution >= 4 is 5.91 Å². The Hall–Kier alpha value is -3.73. The van der Waals surface area contributed by atoms with E-state index < -0.39 is 5.41 Å². The number of nitrogens with zero attached hydrogens (tertiary/aromatic N) is 5. The lowest BCUT2D eigenvalue weighted by molar-refractivity contribution is 0.0691. The molecule has 1 N–H and O–H groups in total. The van der Waals surface area contributed by atoms with E-state index in [2.05, 4.69) is 21.1 Å². The molecule has 3 aromatic rings. The lowest BCUT2D eigenvalue weighted by Gasteiger charge is -2.37. The number of likely N-dealkylation sites (tertiary alicyclic amines) is 1. The standard InChI is InChI=1S/C24H24N6O2/c1-16-19(14-26-30(16)23-27-20-9-5-8-18(20)21(31)28-23)22(32)29-12-10-24(15-25,11-13-29)17-6-3-2-4-7-17/h2-4,6-7,14H,5,8-13H2,1H3,(H,27,28,31). The minimum atomic E-state index is -0.564. The Labute approximate surface area is 185 Å². The van der Waals surface area contributed by atoms with Crippen LogP contribution in [0.3, 0.4) is 0 Å². The predicted molar refractivity (Wildman–Crippen MR) is 118 cm³/mol. The fourth-order valence-electron chi connectivity index (χ4n) is 4.85. The quantitative estimate of drug-likeness (QED) is 0.689. The van der Waals surface area contributed by atoms with Crippen LogP contribution in [0.5, 0.6) is 0 Å². The Balaban J connectivity index is 1.37. The monoisotopic (exact) mass is 428 g/mol. The van der Waals surface area contributed by atoms with Crippen LogP contribution in [0.4, 0.5) is 0 Å². The maximum absolute atomic E-state index is 13.3. The van der Waals surface area contributed by atoms with Gasteiger partial charge in [0.25, 0.3) is 11.5 Å². The van der Waals surface area contributed by atoms with Gasteiger partial charge in [0.15, 0.2) is 0 Å². The number of amides is 1. The van der Waals surface area contributed by atoms with Crippen LogP contribution in [0.25, 0.3) is 5.95 Å². The second kappa shape index (κ2) is 7.75. The van der Waals surface area contributed by atoms with Gasteiger partial charge in [-0.15, -0.1) is 0 Å². The summed E-state index contributed by atoms with van der Waals surface area (Å²) in [6.45, 7) is 2.81. The molecule has 0 spiro atoms. The first-order chi connectivity index (χ1) is 15.5. The minimum Gasteiger partial charge on any atom is -0.338 e. The van der Waals surface area contributed by atoms with Crippen LogP contribution < -0.4 is 5.56 Å². The molecule has 0 radical (unpaired) electrons. The summed E-state index contributed by atoms with van der Waals surface area (Å²) in [6, 6.07) is 12.3. The second-order valence-electron chi connectivity index (χ2n) is 8.58. The van der Waals surface area contributed by atoms with Crippen LogP contribution in [-0.4, -0.2) is 43.6 Å². The first-order valence-corrected chi connectivity index (χ1v) is 11.0. The van der Waals surface area contributed by atoms with E-state index in [0.717, 1.165) is 36.1 Å². The average molecular weight is 428 g/mol. The number of carbonyl (C=O) groups excluding carboxylic acids is 1. The second-order valence-corrected chi connectivity index (χ2v) is 8.58. The van der Waals surface area contributed by atoms with Gasteiger partial charge in [-0.1, -0.05) is 30.3 Å². The van der Waals surface area contributed by atoms with E-state index in [1.165, 1.54) is 10.9 Å². The van der Waals surface area contributed by atoms with Crippen LogP contribution in [0.2, 0.25) is 0 Å². The molecule has 8 heteroatoms. The molecule has 2 aromatic heterocycles. The van der Waals surface area contributed by atoms with Crippen molar-refractivity contribution in [2.75, 3.05) is 13.1 Å². The van der Waals surface area contributed by atoms with Crippen molar-refractivity contribution in [2.45, 2.75) is 44.4 Å². The first kappa shape index (κ1) is 20.2. The van der Waals surface area contributed by atoms with E-state index >= 15 is 0 Å². The van der Waals surface area contributed by atoms with Crippen molar-refractivity contribution in [3.8, 4) is 12.0 Å². The van der Waals surface area contributed by atoms with E-state index in [9.17, 15) is 14.9 Å². The molecule has 1 aliphatic heterocycles. The molecule has 1 aromatic carbocycles. The Bertz CT molecular complexity index is 1280. The molecule has 5 rings (SSSR count). The summed E-state index contributed by atoms with van der Waals surface area (Å²) >= 11 is 0. The third kappa shape index (κ3) is 3.21. The van der Waals surface area contributed by atoms with Crippen molar-refractivity contribution in [3.63, 3.8) is 0 Å². The van der Waals surface area contributed by atoms with Crippen LogP contribution >= 0.6 is 0 Å². The number of aromatic amines is 1. The van der Waals surface area contributed by atoms with Crippen molar-refractivity contribution < 1.29 is 4.79 Å². The van der Waals surface area contributed by atoms with Gasteiger partial charge in [-0.2, -0.15) is 10.4 Å². The molecule has 0 saturated carbocycles. The van der Waals surface area contributed by atoms with Gasteiger partial charge in [0.1, 0.15) is 0 Å². The Kier molecular flexibility index (Phi) is 4.89. The number of aryl methyl sites for hydroxylation is 1. The maximum atomic E-state index is 13.3. The molecule has 8 nitrogen and oxygen atoms in total. The summed E-state index contributed by atoms with van der Waals surface area (Å²) in [5, 5.41) is 14.2. The summed E-state index contributed by atoms with van der Waals surface area (Å²) in [4.78, 5) is 34.8. The number of hydrogen-bond donors (Lipinski definition) is 1. The highest BCUT2D eigenvalue weighted by atomic mass is 16.2. The molecule has 0 atom stereocenters. The van der Waals surface area contributed by atoms with E-state index in [1.807, 2.05) is 30.3 Å². The van der Waals surface area contributed by atoms with Gasteiger partial charge in [-0.05, 0) is 44.6 Å². The molecule has 2 aliphatic rings. The fraction of sp³-hybridized carbons (Fsp3) is 0.375. The third-order valence-electron chi connectivity index (χ3n) is 6.81. The molecule has 1 aliphatic carbocycles. The number of H-pyrrole nitrogens is 1. The van der Waals surface area contributed by atoms with E-state index in [1.54, 1.807) is 11.8 Å². The van der Waals surface area contributed by atoms with Gasteiger partial charge >= 0.3 is 0 Å². The molecule has 0 unspecified atom stereocenters. The molecule has 0 bridgehead atoms. The van der Waals surface area contributed by atoms with Gasteiger partial charge in [-0.25, -0.2) is 9.67 Å². The SMILES string of the molecule is Cc1c(C(=O)N2CCC(C#N)(c3ccccc3)CC2)cnn1-c1nc2c(c(=O)[nH]1)CCC2. The molecule has 1 fully saturated rings. The van der Waals surface area contributed by atoms with E-state index in [0.29, 0.717) is 43.1 Å². The van der Waals surface area contributed by atoms with Crippen LogP contribution in [0, 0.1) is 18.3 Å². The molecule has 1 amide bonds. The van der Waals surface area contributed by atoms with Gasteiger partial charge < -0.3 is 4.90 Å². The smallest absolute Gasteiger partial charge is 0.257 e. The number of nitriles is 1. The average Bonchev–Trinajstić information content (AvgIpc) is 3.46. The van der Waals surface area contributed by atoms with Crippen molar-refractivity contribution in [1.29, 1.82) is 5.26 Å². The van der Waals surface area contributed by atoms with Crippen molar-refractivity contribution in [2.24, 2.45) is 0 Å². The number of rotatable bonds is 3. The number of aromatic nitrogens is 4. The molecule has 1 saturated heterocycles. The molecular formula is C24H24N6O2. The number of carbonyl (C=O) groups is 1. The number of nitrogens with one attached hydrogen (secondary N) is 1. The van der Waals surface area contributed by atoms with Gasteiger partial charge in [-0.3, -0.25) is 14.6 Å². The van der Waals surface area contributed by atoms with Crippen molar-refractivity contribution in [3.05, 3.63) is 75.0 Å².